The van der Waals surface area contributed by atoms with Gasteiger partial charge in [-0.05, 0) is 30.5 Å². The smallest absolute Gasteiger partial charge is 0.115 e. The standard InChI is InChI=1S/C15H18N2O2/c18-10-12-2-1-7-17-9-13(16-15(12)17)8-11-3-5-14(19)6-4-11/h3-6,9,12,18-19H,1-2,7-8,10H2. The topological polar surface area (TPSA) is 58.3 Å². The van der Waals surface area contributed by atoms with E-state index in [0.29, 0.717) is 0 Å². The molecular weight excluding hydrogens is 240 g/mol. The maximum atomic E-state index is 9.39. The Morgan fingerprint density at radius 1 is 1.26 bits per heavy atom. The van der Waals surface area contributed by atoms with Gasteiger partial charge in [0.05, 0.1) is 12.3 Å². The van der Waals surface area contributed by atoms with E-state index in [1.165, 1.54) is 0 Å². The van der Waals surface area contributed by atoms with Gasteiger partial charge >= 0.3 is 0 Å². The third-order valence-corrected chi connectivity index (χ3v) is 3.72. The van der Waals surface area contributed by atoms with Gasteiger partial charge in [-0.2, -0.15) is 0 Å². The van der Waals surface area contributed by atoms with Crippen molar-refractivity contribution in [3.8, 4) is 5.75 Å². The lowest BCUT2D eigenvalue weighted by Gasteiger charge is -2.21. The zero-order valence-electron chi connectivity index (χ0n) is 10.8. The van der Waals surface area contributed by atoms with Gasteiger partial charge in [-0.15, -0.1) is 0 Å². The summed E-state index contributed by atoms with van der Waals surface area (Å²) in [5.74, 6) is 1.48. The molecule has 2 aromatic rings. The molecule has 2 heterocycles. The van der Waals surface area contributed by atoms with Gasteiger partial charge in [-0.25, -0.2) is 4.98 Å². The van der Waals surface area contributed by atoms with Gasteiger partial charge in [0.1, 0.15) is 11.6 Å². The van der Waals surface area contributed by atoms with E-state index in [9.17, 15) is 10.2 Å². The van der Waals surface area contributed by atoms with Crippen LogP contribution in [0.2, 0.25) is 0 Å². The van der Waals surface area contributed by atoms with E-state index in [1.807, 2.05) is 12.1 Å². The number of phenols is 1. The molecule has 0 amide bonds. The molecule has 3 rings (SSSR count). The fourth-order valence-electron chi connectivity index (χ4n) is 2.71. The van der Waals surface area contributed by atoms with Crippen LogP contribution >= 0.6 is 0 Å². The van der Waals surface area contributed by atoms with E-state index in [2.05, 4.69) is 15.7 Å². The third-order valence-electron chi connectivity index (χ3n) is 3.72. The summed E-state index contributed by atoms with van der Waals surface area (Å²) in [6, 6.07) is 7.22. The second kappa shape index (κ2) is 5.05. The Labute approximate surface area is 112 Å². The molecule has 2 N–H and O–H groups in total. The maximum Gasteiger partial charge on any atom is 0.115 e. The number of aliphatic hydroxyl groups is 1. The number of aliphatic hydroxyl groups excluding tert-OH is 1. The van der Waals surface area contributed by atoms with Crippen molar-refractivity contribution in [1.29, 1.82) is 0 Å². The first kappa shape index (κ1) is 12.2. The predicted molar refractivity (Wildman–Crippen MR) is 72.2 cm³/mol. The van der Waals surface area contributed by atoms with E-state index < -0.39 is 0 Å². The maximum absolute atomic E-state index is 9.39. The van der Waals surface area contributed by atoms with Gasteiger partial charge in [0.15, 0.2) is 0 Å². The van der Waals surface area contributed by atoms with Crippen LogP contribution in [0.4, 0.5) is 0 Å². The Kier molecular flexibility index (Phi) is 3.25. The van der Waals surface area contributed by atoms with Crippen LogP contribution in [0.1, 0.15) is 35.8 Å². The van der Waals surface area contributed by atoms with Crippen LogP contribution in [0.3, 0.4) is 0 Å². The highest BCUT2D eigenvalue weighted by Gasteiger charge is 2.22. The highest BCUT2D eigenvalue weighted by atomic mass is 16.3. The number of fused-ring (bicyclic) bond motifs is 1. The Hall–Kier alpha value is -1.81. The highest BCUT2D eigenvalue weighted by Crippen LogP contribution is 2.26. The molecule has 1 aliphatic heterocycles. The number of nitrogens with zero attached hydrogens (tertiary/aromatic N) is 2. The van der Waals surface area contributed by atoms with E-state index in [0.717, 1.165) is 42.9 Å². The van der Waals surface area contributed by atoms with Gasteiger partial charge in [-0.1, -0.05) is 12.1 Å². The summed E-state index contributed by atoms with van der Waals surface area (Å²) in [6.07, 6.45) is 4.97. The first-order valence-corrected chi connectivity index (χ1v) is 6.71. The van der Waals surface area contributed by atoms with Crippen molar-refractivity contribution < 1.29 is 10.2 Å². The molecule has 4 heteroatoms. The zero-order chi connectivity index (χ0) is 13.2. The molecule has 0 aliphatic carbocycles. The predicted octanol–water partition coefficient (Wildman–Crippen LogP) is 2.05. The molecule has 1 aliphatic rings. The minimum atomic E-state index is 0.176. The number of imidazole rings is 1. The quantitative estimate of drug-likeness (QED) is 0.886. The van der Waals surface area contributed by atoms with Crippen LogP contribution in [0.25, 0.3) is 0 Å². The average molecular weight is 258 g/mol. The van der Waals surface area contributed by atoms with Gasteiger partial charge < -0.3 is 14.8 Å². The molecule has 4 nitrogen and oxygen atoms in total. The summed E-state index contributed by atoms with van der Waals surface area (Å²) in [6.45, 7) is 1.17. The van der Waals surface area contributed by atoms with Crippen LogP contribution in [-0.4, -0.2) is 26.4 Å². The lowest BCUT2D eigenvalue weighted by Crippen LogP contribution is -2.18. The Morgan fingerprint density at radius 2 is 2.05 bits per heavy atom. The highest BCUT2D eigenvalue weighted by molar-refractivity contribution is 5.29. The number of rotatable bonds is 3. The van der Waals surface area contributed by atoms with E-state index >= 15 is 0 Å². The number of aromatic hydroxyl groups is 1. The molecule has 100 valence electrons. The Bertz CT molecular complexity index is 560. The van der Waals surface area contributed by atoms with Crippen LogP contribution in [0.5, 0.6) is 5.75 Å². The first-order chi connectivity index (χ1) is 9.26. The second-order valence-corrected chi connectivity index (χ2v) is 5.15. The lowest BCUT2D eigenvalue weighted by atomic mass is 10.0. The van der Waals surface area contributed by atoms with Crippen LogP contribution in [-0.2, 0) is 13.0 Å². The largest absolute Gasteiger partial charge is 0.508 e. The van der Waals surface area contributed by atoms with Crippen molar-refractivity contribution in [2.45, 2.75) is 31.7 Å². The summed E-state index contributed by atoms with van der Waals surface area (Å²) in [5, 5.41) is 18.7. The minimum absolute atomic E-state index is 0.176. The fraction of sp³-hybridized carbons (Fsp3) is 0.400. The molecule has 0 saturated heterocycles. The summed E-state index contributed by atoms with van der Waals surface area (Å²) in [5.41, 5.74) is 2.16. The molecule has 1 atom stereocenters. The molecule has 0 spiro atoms. The molecule has 1 aromatic heterocycles. The number of aryl methyl sites for hydroxylation is 1. The number of hydrogen-bond acceptors (Lipinski definition) is 3. The molecule has 0 radical (unpaired) electrons. The van der Waals surface area contributed by atoms with Crippen LogP contribution < -0.4 is 0 Å². The normalized spacial score (nSPS) is 18.3. The molecule has 0 bridgehead atoms. The SMILES string of the molecule is OCC1CCCn2cc(Cc3ccc(O)cc3)nc21. The first-order valence-electron chi connectivity index (χ1n) is 6.71. The molecule has 0 fully saturated rings. The van der Waals surface area contributed by atoms with E-state index in [-0.39, 0.29) is 18.3 Å². The zero-order valence-corrected chi connectivity index (χ0v) is 10.8. The minimum Gasteiger partial charge on any atom is -0.508 e. The Balaban J connectivity index is 1.82. The van der Waals surface area contributed by atoms with Gasteiger partial charge in [0.25, 0.3) is 0 Å². The Morgan fingerprint density at radius 3 is 2.79 bits per heavy atom. The van der Waals surface area contributed by atoms with Crippen molar-refractivity contribution in [1.82, 2.24) is 9.55 Å². The number of aromatic nitrogens is 2. The van der Waals surface area contributed by atoms with Gasteiger partial charge in [0, 0.05) is 25.1 Å². The van der Waals surface area contributed by atoms with Gasteiger partial charge in [0.2, 0.25) is 0 Å². The fourth-order valence-corrected chi connectivity index (χ4v) is 2.71. The molecule has 0 saturated carbocycles. The molecule has 1 aromatic carbocycles. The number of phenolic OH excluding ortho intramolecular Hbond substituents is 1. The van der Waals surface area contributed by atoms with Crippen molar-refractivity contribution in [2.75, 3.05) is 6.61 Å². The van der Waals surface area contributed by atoms with Crippen molar-refractivity contribution >= 4 is 0 Å². The molecule has 1 unspecified atom stereocenters. The lowest BCUT2D eigenvalue weighted by molar-refractivity contribution is 0.238. The number of hydrogen-bond donors (Lipinski definition) is 2. The van der Waals surface area contributed by atoms with Crippen molar-refractivity contribution in [3.63, 3.8) is 0 Å². The van der Waals surface area contributed by atoms with Crippen molar-refractivity contribution in [3.05, 3.63) is 47.5 Å². The molecular formula is C15H18N2O2. The molecule has 19 heavy (non-hydrogen) atoms. The average Bonchev–Trinajstić information content (AvgIpc) is 2.83. The van der Waals surface area contributed by atoms with Gasteiger partial charge in [-0.3, -0.25) is 0 Å². The van der Waals surface area contributed by atoms with Crippen LogP contribution in [0.15, 0.2) is 30.5 Å². The summed E-state index contributed by atoms with van der Waals surface area (Å²) in [4.78, 5) is 4.66. The monoisotopic (exact) mass is 258 g/mol. The summed E-state index contributed by atoms with van der Waals surface area (Å²) >= 11 is 0. The van der Waals surface area contributed by atoms with E-state index in [4.69, 9.17) is 0 Å². The third kappa shape index (κ3) is 2.49. The second-order valence-electron chi connectivity index (χ2n) is 5.15. The number of benzene rings is 1. The van der Waals surface area contributed by atoms with Crippen LogP contribution in [0, 0.1) is 0 Å². The van der Waals surface area contributed by atoms with E-state index in [1.54, 1.807) is 12.1 Å². The summed E-state index contributed by atoms with van der Waals surface area (Å²) < 4.78 is 2.17. The van der Waals surface area contributed by atoms with Crippen molar-refractivity contribution in [2.24, 2.45) is 0 Å². The summed E-state index contributed by atoms with van der Waals surface area (Å²) in [7, 11) is 0.